The molecule has 0 saturated carbocycles. The zero-order valence-corrected chi connectivity index (χ0v) is 12.4. The van der Waals surface area contributed by atoms with Gasteiger partial charge in [-0.2, -0.15) is 0 Å². The molecule has 0 aliphatic carbocycles. The quantitative estimate of drug-likeness (QED) is 0.941. The smallest absolute Gasteiger partial charge is 0.125 e. The fourth-order valence-electron chi connectivity index (χ4n) is 2.75. The van der Waals surface area contributed by atoms with Gasteiger partial charge in [-0.1, -0.05) is 11.6 Å². The first-order chi connectivity index (χ1) is 9.69. The fourth-order valence-corrected chi connectivity index (χ4v) is 3.02. The summed E-state index contributed by atoms with van der Waals surface area (Å²) in [6.45, 7) is 0.745. The largest absolute Gasteiger partial charge is 0.493 e. The van der Waals surface area contributed by atoms with Gasteiger partial charge >= 0.3 is 0 Å². The Balaban J connectivity index is 1.92. The minimum absolute atomic E-state index is 0.141. The monoisotopic (exact) mass is 291 g/mol. The molecule has 0 radical (unpaired) electrons. The van der Waals surface area contributed by atoms with Gasteiger partial charge < -0.3 is 14.6 Å². The van der Waals surface area contributed by atoms with Crippen LogP contribution in [0.4, 0.5) is 0 Å². The Morgan fingerprint density at radius 2 is 2.35 bits per heavy atom. The lowest BCUT2D eigenvalue weighted by atomic mass is 10.0. The minimum Gasteiger partial charge on any atom is -0.493 e. The number of aryl methyl sites for hydroxylation is 1. The molecule has 0 fully saturated rings. The van der Waals surface area contributed by atoms with Gasteiger partial charge in [0.25, 0.3) is 0 Å². The number of fused-ring (bicyclic) bond motifs is 1. The summed E-state index contributed by atoms with van der Waals surface area (Å²) in [7, 11) is 3.95. The minimum atomic E-state index is 0.141. The third kappa shape index (κ3) is 2.41. The van der Waals surface area contributed by atoms with Crippen LogP contribution >= 0.6 is 11.6 Å². The maximum atomic E-state index is 6.21. The highest BCUT2D eigenvalue weighted by Crippen LogP contribution is 2.35. The molecule has 5 heteroatoms. The average molecular weight is 292 g/mol. The number of halogens is 1. The number of rotatable bonds is 4. The van der Waals surface area contributed by atoms with E-state index in [4.69, 9.17) is 16.3 Å². The Hall–Kier alpha value is -1.52. The molecule has 106 valence electrons. The van der Waals surface area contributed by atoms with Gasteiger partial charge in [-0.25, -0.2) is 4.98 Å². The van der Waals surface area contributed by atoms with E-state index in [0.29, 0.717) is 0 Å². The highest BCUT2D eigenvalue weighted by atomic mass is 35.5. The summed E-state index contributed by atoms with van der Waals surface area (Å²) < 4.78 is 7.80. The number of ether oxygens (including phenoxy) is 1. The van der Waals surface area contributed by atoms with E-state index in [-0.39, 0.29) is 6.04 Å². The van der Waals surface area contributed by atoms with Crippen molar-refractivity contribution in [1.82, 2.24) is 14.9 Å². The van der Waals surface area contributed by atoms with Crippen molar-refractivity contribution in [2.24, 2.45) is 7.05 Å². The normalized spacial score (nSPS) is 14.9. The van der Waals surface area contributed by atoms with Crippen molar-refractivity contribution in [3.05, 3.63) is 46.5 Å². The van der Waals surface area contributed by atoms with E-state index in [1.165, 1.54) is 5.56 Å². The molecular formula is C15H18ClN3O. The van der Waals surface area contributed by atoms with Crippen LogP contribution in [0, 0.1) is 0 Å². The Kier molecular flexibility index (Phi) is 3.68. The molecule has 1 aliphatic heterocycles. The fraction of sp³-hybridized carbons (Fsp3) is 0.400. The van der Waals surface area contributed by atoms with Crippen LogP contribution in [-0.2, 0) is 19.9 Å². The number of aromatic nitrogens is 2. The van der Waals surface area contributed by atoms with E-state index in [0.717, 1.165) is 41.6 Å². The predicted molar refractivity (Wildman–Crippen MR) is 79.4 cm³/mol. The number of benzene rings is 1. The second-order valence-electron chi connectivity index (χ2n) is 5.09. The van der Waals surface area contributed by atoms with E-state index in [9.17, 15) is 0 Å². The molecule has 1 aliphatic rings. The Morgan fingerprint density at radius 3 is 3.05 bits per heavy atom. The van der Waals surface area contributed by atoms with Crippen molar-refractivity contribution >= 4 is 11.6 Å². The van der Waals surface area contributed by atoms with Gasteiger partial charge in [-0.3, -0.25) is 0 Å². The van der Waals surface area contributed by atoms with Crippen LogP contribution in [0.5, 0.6) is 5.75 Å². The van der Waals surface area contributed by atoms with Crippen LogP contribution in [0.3, 0.4) is 0 Å². The average Bonchev–Trinajstić information content (AvgIpc) is 3.04. The lowest BCUT2D eigenvalue weighted by molar-refractivity contribution is 0.351. The van der Waals surface area contributed by atoms with Crippen LogP contribution in [0.2, 0.25) is 5.02 Å². The molecule has 20 heavy (non-hydrogen) atoms. The van der Waals surface area contributed by atoms with Crippen molar-refractivity contribution in [3.8, 4) is 5.75 Å². The summed E-state index contributed by atoms with van der Waals surface area (Å²) in [5.74, 6) is 2.02. The summed E-state index contributed by atoms with van der Waals surface area (Å²) >= 11 is 6.21. The molecule has 1 atom stereocenters. The molecule has 3 rings (SSSR count). The molecular weight excluding hydrogens is 274 g/mol. The van der Waals surface area contributed by atoms with Crippen LogP contribution in [-0.4, -0.2) is 23.2 Å². The van der Waals surface area contributed by atoms with Gasteiger partial charge in [0.15, 0.2) is 0 Å². The molecule has 1 aromatic carbocycles. The second kappa shape index (κ2) is 5.46. The zero-order chi connectivity index (χ0) is 14.1. The Bertz CT molecular complexity index is 624. The highest BCUT2D eigenvalue weighted by molar-refractivity contribution is 6.30. The summed E-state index contributed by atoms with van der Waals surface area (Å²) in [5.41, 5.74) is 2.36. The van der Waals surface area contributed by atoms with Gasteiger partial charge in [0.1, 0.15) is 11.6 Å². The van der Waals surface area contributed by atoms with Gasteiger partial charge in [0.05, 0.1) is 12.6 Å². The van der Waals surface area contributed by atoms with Crippen LogP contribution in [0.15, 0.2) is 24.5 Å². The number of hydrogen-bond acceptors (Lipinski definition) is 3. The number of hydrogen-bond donors (Lipinski definition) is 1. The van der Waals surface area contributed by atoms with Crippen LogP contribution in [0.25, 0.3) is 0 Å². The SMILES string of the molecule is CNC(Cc1cc(Cl)cc2c1OCC2)c1nccn1C. The molecule has 4 nitrogen and oxygen atoms in total. The van der Waals surface area contributed by atoms with E-state index in [2.05, 4.69) is 10.3 Å². The molecule has 1 N–H and O–H groups in total. The van der Waals surface area contributed by atoms with E-state index >= 15 is 0 Å². The maximum Gasteiger partial charge on any atom is 0.125 e. The van der Waals surface area contributed by atoms with Gasteiger partial charge in [0, 0.05) is 30.9 Å². The Morgan fingerprint density at radius 1 is 1.50 bits per heavy atom. The lowest BCUT2D eigenvalue weighted by Crippen LogP contribution is -2.22. The van der Waals surface area contributed by atoms with Crippen molar-refractivity contribution in [2.45, 2.75) is 18.9 Å². The third-order valence-corrected chi connectivity index (χ3v) is 3.99. The number of likely N-dealkylation sites (N-methyl/N-ethyl adjacent to an activating group) is 1. The summed E-state index contributed by atoms with van der Waals surface area (Å²) in [6.07, 6.45) is 5.52. The van der Waals surface area contributed by atoms with Gasteiger partial charge in [-0.15, -0.1) is 0 Å². The summed E-state index contributed by atoms with van der Waals surface area (Å²) in [6, 6.07) is 4.14. The molecule has 2 heterocycles. The molecule has 0 saturated heterocycles. The summed E-state index contributed by atoms with van der Waals surface area (Å²) in [4.78, 5) is 4.43. The first-order valence-corrected chi connectivity index (χ1v) is 7.15. The molecule has 1 unspecified atom stereocenters. The molecule has 2 aromatic rings. The second-order valence-corrected chi connectivity index (χ2v) is 5.53. The van der Waals surface area contributed by atoms with Crippen molar-refractivity contribution in [2.75, 3.05) is 13.7 Å². The van der Waals surface area contributed by atoms with Gasteiger partial charge in [0.2, 0.25) is 0 Å². The Labute approximate surface area is 123 Å². The van der Waals surface area contributed by atoms with Gasteiger partial charge in [-0.05, 0) is 36.7 Å². The highest BCUT2D eigenvalue weighted by Gasteiger charge is 2.22. The van der Waals surface area contributed by atoms with E-state index in [1.807, 2.05) is 43.2 Å². The van der Waals surface area contributed by atoms with Crippen molar-refractivity contribution in [3.63, 3.8) is 0 Å². The number of nitrogens with one attached hydrogen (secondary N) is 1. The molecule has 0 spiro atoms. The van der Waals surface area contributed by atoms with E-state index in [1.54, 1.807) is 0 Å². The topological polar surface area (TPSA) is 39.1 Å². The van der Waals surface area contributed by atoms with Crippen LogP contribution < -0.4 is 10.1 Å². The number of imidazole rings is 1. The third-order valence-electron chi connectivity index (χ3n) is 3.77. The predicted octanol–water partition coefficient (Wildman–Crippen LogP) is 2.51. The number of nitrogens with zero attached hydrogens (tertiary/aromatic N) is 2. The molecule has 0 amide bonds. The standard InChI is InChI=1S/C15H18ClN3O/c1-17-13(15-18-4-5-19(15)2)9-11-8-12(16)7-10-3-6-20-14(10)11/h4-5,7-8,13,17H,3,6,9H2,1-2H3. The van der Waals surface area contributed by atoms with E-state index < -0.39 is 0 Å². The zero-order valence-electron chi connectivity index (χ0n) is 11.7. The molecule has 1 aromatic heterocycles. The van der Waals surface area contributed by atoms with Crippen molar-refractivity contribution < 1.29 is 4.74 Å². The maximum absolute atomic E-state index is 6.21. The first-order valence-electron chi connectivity index (χ1n) is 6.77. The summed E-state index contributed by atoms with van der Waals surface area (Å²) in [5, 5.41) is 4.10. The first kappa shape index (κ1) is 13.5. The lowest BCUT2D eigenvalue weighted by Gasteiger charge is -2.18. The molecule has 0 bridgehead atoms. The van der Waals surface area contributed by atoms with Crippen molar-refractivity contribution in [1.29, 1.82) is 0 Å². The van der Waals surface area contributed by atoms with Crippen LogP contribution in [0.1, 0.15) is 23.0 Å².